The molecule has 3 rings (SSSR count). The van der Waals surface area contributed by atoms with Crippen LogP contribution < -0.4 is 0 Å². The molecular formula is C18H16F3NO3. The van der Waals surface area contributed by atoms with Crippen molar-refractivity contribution in [2.45, 2.75) is 12.1 Å². The van der Waals surface area contributed by atoms with E-state index in [-0.39, 0.29) is 13.2 Å². The van der Waals surface area contributed by atoms with Crippen LogP contribution in [0.4, 0.5) is 13.2 Å². The van der Waals surface area contributed by atoms with E-state index in [2.05, 4.69) is 0 Å². The van der Waals surface area contributed by atoms with Crippen LogP contribution in [0, 0.1) is 17.5 Å². The number of ether oxygens (including phenoxy) is 1. The van der Waals surface area contributed by atoms with Crippen molar-refractivity contribution < 1.29 is 27.8 Å². The van der Waals surface area contributed by atoms with E-state index in [9.17, 15) is 23.1 Å². The number of carbonyl (C=O) groups is 1. The summed E-state index contributed by atoms with van der Waals surface area (Å²) in [6.45, 7) is 0.794. The van der Waals surface area contributed by atoms with Crippen LogP contribution >= 0.6 is 0 Å². The molecule has 1 fully saturated rings. The second-order valence-corrected chi connectivity index (χ2v) is 5.82. The van der Waals surface area contributed by atoms with Gasteiger partial charge in [0.2, 0.25) is 0 Å². The Morgan fingerprint density at radius 2 is 1.84 bits per heavy atom. The van der Waals surface area contributed by atoms with Crippen LogP contribution in [0.3, 0.4) is 0 Å². The summed E-state index contributed by atoms with van der Waals surface area (Å²) < 4.78 is 45.2. The molecule has 25 heavy (non-hydrogen) atoms. The maximum Gasteiger partial charge on any atom is 0.325 e. The van der Waals surface area contributed by atoms with E-state index < -0.39 is 35.6 Å². The fraction of sp³-hybridized carbons (Fsp3) is 0.278. The zero-order chi connectivity index (χ0) is 18.0. The molecule has 0 radical (unpaired) electrons. The number of hydrogen-bond donors (Lipinski definition) is 1. The van der Waals surface area contributed by atoms with Gasteiger partial charge >= 0.3 is 5.97 Å². The van der Waals surface area contributed by atoms with Crippen LogP contribution in [0.5, 0.6) is 0 Å². The predicted octanol–water partition coefficient (Wildman–Crippen LogP) is 3.30. The highest BCUT2D eigenvalue weighted by molar-refractivity contribution is 5.75. The van der Waals surface area contributed by atoms with E-state index in [0.717, 1.165) is 12.1 Å². The number of carboxylic acids is 1. The largest absolute Gasteiger partial charge is 0.480 e. The average Bonchev–Trinajstić information content (AvgIpc) is 2.59. The van der Waals surface area contributed by atoms with Crippen LogP contribution in [0.2, 0.25) is 0 Å². The van der Waals surface area contributed by atoms with Crippen molar-refractivity contribution in [1.29, 1.82) is 0 Å². The highest BCUT2D eigenvalue weighted by Gasteiger charge is 2.33. The number of hydrogen-bond acceptors (Lipinski definition) is 3. The Balaban J connectivity index is 1.84. The molecule has 0 saturated carbocycles. The topological polar surface area (TPSA) is 49.8 Å². The van der Waals surface area contributed by atoms with Gasteiger partial charge in [-0.25, -0.2) is 13.2 Å². The third-order valence-corrected chi connectivity index (χ3v) is 4.20. The second kappa shape index (κ2) is 7.25. The Hall–Kier alpha value is -2.38. The normalized spacial score (nSPS) is 19.6. The van der Waals surface area contributed by atoms with Crippen LogP contribution in [-0.2, 0) is 9.53 Å². The number of nitrogens with zero attached hydrogens (tertiary/aromatic N) is 1. The Morgan fingerprint density at radius 3 is 2.48 bits per heavy atom. The molecule has 0 aliphatic carbocycles. The van der Waals surface area contributed by atoms with Gasteiger partial charge in [-0.2, -0.15) is 0 Å². The quantitative estimate of drug-likeness (QED) is 0.918. The SMILES string of the molecule is O=C(O)C(c1ccc(F)cc1)N1CCOC(c2ccc(F)c(F)c2)C1. The molecule has 1 heterocycles. The molecule has 0 amide bonds. The molecule has 1 N–H and O–H groups in total. The number of morpholine rings is 1. The van der Waals surface area contributed by atoms with Gasteiger partial charge in [0.1, 0.15) is 11.9 Å². The Kier molecular flexibility index (Phi) is 5.06. The van der Waals surface area contributed by atoms with Gasteiger partial charge in [0.05, 0.1) is 12.7 Å². The zero-order valence-electron chi connectivity index (χ0n) is 13.2. The molecule has 0 aromatic heterocycles. The summed E-state index contributed by atoms with van der Waals surface area (Å²) in [5.41, 5.74) is 0.881. The molecule has 7 heteroatoms. The smallest absolute Gasteiger partial charge is 0.325 e. The molecule has 2 aromatic rings. The number of rotatable bonds is 4. The number of benzene rings is 2. The first kappa shape index (κ1) is 17.4. The molecule has 2 aromatic carbocycles. The summed E-state index contributed by atoms with van der Waals surface area (Å²) in [4.78, 5) is 13.4. The molecule has 0 spiro atoms. The van der Waals surface area contributed by atoms with Gasteiger partial charge in [0, 0.05) is 13.1 Å². The maximum absolute atomic E-state index is 13.4. The minimum absolute atomic E-state index is 0.194. The highest BCUT2D eigenvalue weighted by Crippen LogP contribution is 2.30. The van der Waals surface area contributed by atoms with Crippen molar-refractivity contribution >= 4 is 5.97 Å². The van der Waals surface area contributed by atoms with Crippen molar-refractivity contribution in [1.82, 2.24) is 4.90 Å². The third kappa shape index (κ3) is 3.83. The second-order valence-electron chi connectivity index (χ2n) is 5.82. The molecule has 1 aliphatic heterocycles. The Morgan fingerprint density at radius 1 is 1.12 bits per heavy atom. The van der Waals surface area contributed by atoms with E-state index >= 15 is 0 Å². The highest BCUT2D eigenvalue weighted by atomic mass is 19.2. The molecule has 132 valence electrons. The van der Waals surface area contributed by atoms with Gasteiger partial charge < -0.3 is 9.84 Å². The van der Waals surface area contributed by atoms with E-state index in [1.54, 1.807) is 4.90 Å². The maximum atomic E-state index is 13.4. The van der Waals surface area contributed by atoms with Gasteiger partial charge in [-0.15, -0.1) is 0 Å². The van der Waals surface area contributed by atoms with Gasteiger partial charge in [0.15, 0.2) is 11.6 Å². The van der Waals surface area contributed by atoms with Gasteiger partial charge in [-0.05, 0) is 35.4 Å². The number of aliphatic carboxylic acids is 1. The molecule has 1 aliphatic rings. The van der Waals surface area contributed by atoms with E-state index in [1.807, 2.05) is 0 Å². The van der Waals surface area contributed by atoms with Gasteiger partial charge in [-0.3, -0.25) is 9.69 Å². The van der Waals surface area contributed by atoms with E-state index in [0.29, 0.717) is 17.7 Å². The van der Waals surface area contributed by atoms with Gasteiger partial charge in [0.25, 0.3) is 0 Å². The lowest BCUT2D eigenvalue weighted by Crippen LogP contribution is -2.43. The summed E-state index contributed by atoms with van der Waals surface area (Å²) in [7, 11) is 0. The van der Waals surface area contributed by atoms with Crippen LogP contribution in [-0.4, -0.2) is 35.7 Å². The summed E-state index contributed by atoms with van der Waals surface area (Å²) in [6.07, 6.45) is -0.578. The molecular weight excluding hydrogens is 335 g/mol. The summed E-state index contributed by atoms with van der Waals surface area (Å²) in [5.74, 6) is -3.45. The van der Waals surface area contributed by atoms with Crippen molar-refractivity contribution in [3.63, 3.8) is 0 Å². The summed E-state index contributed by atoms with van der Waals surface area (Å²) >= 11 is 0. The Bertz CT molecular complexity index is 767. The average molecular weight is 351 g/mol. The molecule has 4 nitrogen and oxygen atoms in total. The van der Waals surface area contributed by atoms with Crippen LogP contribution in [0.15, 0.2) is 42.5 Å². The lowest BCUT2D eigenvalue weighted by atomic mass is 10.0. The van der Waals surface area contributed by atoms with Crippen molar-refractivity contribution in [3.8, 4) is 0 Å². The summed E-state index contributed by atoms with van der Waals surface area (Å²) in [6, 6.07) is 7.78. The van der Waals surface area contributed by atoms with Crippen LogP contribution in [0.25, 0.3) is 0 Å². The lowest BCUT2D eigenvalue weighted by Gasteiger charge is -2.36. The van der Waals surface area contributed by atoms with Crippen molar-refractivity contribution in [3.05, 3.63) is 71.0 Å². The first-order valence-corrected chi connectivity index (χ1v) is 7.74. The fourth-order valence-electron chi connectivity index (χ4n) is 2.97. The molecule has 2 unspecified atom stereocenters. The minimum atomic E-state index is -1.07. The Labute approximate surface area is 142 Å². The standard InChI is InChI=1S/C18H16F3NO3/c19-13-4-1-11(2-5-13)17(18(23)24)22-7-8-25-16(10-22)12-3-6-14(20)15(21)9-12/h1-6,9,16-17H,7-8,10H2,(H,23,24). The minimum Gasteiger partial charge on any atom is -0.480 e. The first-order valence-electron chi connectivity index (χ1n) is 7.74. The first-order chi connectivity index (χ1) is 12.0. The molecule has 0 bridgehead atoms. The van der Waals surface area contributed by atoms with E-state index in [1.165, 1.54) is 30.3 Å². The van der Waals surface area contributed by atoms with Crippen molar-refractivity contribution in [2.75, 3.05) is 19.7 Å². The number of carboxylic acid groups (broad SMARTS) is 1. The number of halogens is 3. The fourth-order valence-corrected chi connectivity index (χ4v) is 2.97. The summed E-state index contributed by atoms with van der Waals surface area (Å²) in [5, 5.41) is 9.60. The van der Waals surface area contributed by atoms with Crippen LogP contribution in [0.1, 0.15) is 23.3 Å². The lowest BCUT2D eigenvalue weighted by molar-refractivity contribution is -0.147. The predicted molar refractivity (Wildman–Crippen MR) is 83.4 cm³/mol. The van der Waals surface area contributed by atoms with Crippen molar-refractivity contribution in [2.24, 2.45) is 0 Å². The zero-order valence-corrected chi connectivity index (χ0v) is 13.2. The third-order valence-electron chi connectivity index (χ3n) is 4.20. The monoisotopic (exact) mass is 351 g/mol. The van der Waals surface area contributed by atoms with E-state index in [4.69, 9.17) is 4.74 Å². The molecule has 2 atom stereocenters. The molecule has 1 saturated heterocycles. The van der Waals surface area contributed by atoms with Gasteiger partial charge in [-0.1, -0.05) is 18.2 Å².